The Morgan fingerprint density at radius 1 is 1.16 bits per heavy atom. The van der Waals surface area contributed by atoms with Gasteiger partial charge in [0.05, 0.1) is 6.10 Å². The van der Waals surface area contributed by atoms with E-state index in [1.165, 1.54) is 44.2 Å². The minimum Gasteiger partial charge on any atom is -0.393 e. The largest absolute Gasteiger partial charge is 0.393 e. The molecule has 140 valence electrons. The lowest BCUT2D eigenvalue weighted by Crippen LogP contribution is -2.54. The van der Waals surface area contributed by atoms with Crippen LogP contribution >= 0.6 is 12.2 Å². The third-order valence-electron chi connectivity index (χ3n) is 8.68. The van der Waals surface area contributed by atoms with E-state index in [0.29, 0.717) is 5.41 Å². The third-order valence-corrected chi connectivity index (χ3v) is 8.77. The Hall–Kier alpha value is -0.680. The van der Waals surface area contributed by atoms with Gasteiger partial charge in [-0.05, 0) is 99.1 Å². The number of aliphatic hydroxyl groups is 1. The number of hydrazone groups is 1. The summed E-state index contributed by atoms with van der Waals surface area (Å²) in [6, 6.07) is 0. The average molecular weight is 364 g/mol. The summed E-state index contributed by atoms with van der Waals surface area (Å²) in [5, 5.41) is 15.0. The molecule has 4 nitrogen and oxygen atoms in total. The van der Waals surface area contributed by atoms with Crippen LogP contribution in [-0.4, -0.2) is 22.0 Å². The fraction of sp³-hybridized carbons (Fsp3) is 0.900. The zero-order chi connectivity index (χ0) is 17.8. The smallest absolute Gasteiger partial charge is 0.184 e. The second kappa shape index (κ2) is 6.19. The molecule has 4 fully saturated rings. The average Bonchev–Trinajstić information content (AvgIpc) is 2.90. The van der Waals surface area contributed by atoms with Crippen LogP contribution in [0.4, 0.5) is 0 Å². The van der Waals surface area contributed by atoms with Gasteiger partial charge in [-0.3, -0.25) is 5.43 Å². The number of nitrogens with zero attached hydrogens (tertiary/aromatic N) is 1. The predicted molar refractivity (Wildman–Crippen MR) is 105 cm³/mol. The van der Waals surface area contributed by atoms with Crippen LogP contribution in [0.15, 0.2) is 5.10 Å². The Morgan fingerprint density at radius 3 is 2.72 bits per heavy atom. The molecular weight excluding hydrogens is 330 g/mol. The molecule has 0 saturated heterocycles. The number of nitrogens with one attached hydrogen (secondary N) is 1. The van der Waals surface area contributed by atoms with Gasteiger partial charge in [0.2, 0.25) is 0 Å². The molecular formula is C20H33N3OS. The van der Waals surface area contributed by atoms with Gasteiger partial charge in [0.1, 0.15) is 0 Å². The summed E-state index contributed by atoms with van der Waals surface area (Å²) < 4.78 is 0. The summed E-state index contributed by atoms with van der Waals surface area (Å²) in [5.41, 5.74) is 10.4. The van der Waals surface area contributed by atoms with Crippen molar-refractivity contribution in [3.63, 3.8) is 0 Å². The molecule has 4 aliphatic rings. The highest BCUT2D eigenvalue weighted by atomic mass is 32.1. The molecule has 0 unspecified atom stereocenters. The predicted octanol–water partition coefficient (Wildman–Crippen LogP) is 3.58. The Balaban J connectivity index is 1.58. The molecule has 4 saturated carbocycles. The van der Waals surface area contributed by atoms with Gasteiger partial charge in [-0.2, -0.15) is 5.10 Å². The van der Waals surface area contributed by atoms with Crippen LogP contribution in [0.2, 0.25) is 0 Å². The van der Waals surface area contributed by atoms with Crippen molar-refractivity contribution < 1.29 is 5.11 Å². The van der Waals surface area contributed by atoms with Crippen LogP contribution in [0.25, 0.3) is 0 Å². The van der Waals surface area contributed by atoms with Crippen LogP contribution in [0.5, 0.6) is 0 Å². The van der Waals surface area contributed by atoms with Crippen LogP contribution in [0, 0.1) is 34.5 Å². The van der Waals surface area contributed by atoms with Crippen molar-refractivity contribution in [3.8, 4) is 0 Å². The van der Waals surface area contributed by atoms with Crippen molar-refractivity contribution in [2.45, 2.75) is 77.7 Å². The summed E-state index contributed by atoms with van der Waals surface area (Å²) in [6.45, 7) is 4.97. The minimum absolute atomic E-state index is 0.0557. The summed E-state index contributed by atoms with van der Waals surface area (Å²) in [5.74, 6) is 3.14. The zero-order valence-electron chi connectivity index (χ0n) is 15.6. The number of rotatable bonds is 1. The van der Waals surface area contributed by atoms with Gasteiger partial charge in [0, 0.05) is 11.1 Å². The van der Waals surface area contributed by atoms with Gasteiger partial charge in [-0.15, -0.1) is 0 Å². The van der Waals surface area contributed by atoms with E-state index in [0.717, 1.165) is 42.9 Å². The molecule has 0 bridgehead atoms. The summed E-state index contributed by atoms with van der Waals surface area (Å²) in [6.07, 6.45) is 10.7. The molecule has 0 heterocycles. The fourth-order valence-electron chi connectivity index (χ4n) is 7.33. The second-order valence-corrected chi connectivity index (χ2v) is 10.1. The van der Waals surface area contributed by atoms with E-state index in [2.05, 4.69) is 24.4 Å². The lowest BCUT2D eigenvalue weighted by Gasteiger charge is -2.60. The molecule has 0 aromatic rings. The van der Waals surface area contributed by atoms with Gasteiger partial charge in [0.15, 0.2) is 5.11 Å². The Kier molecular flexibility index (Phi) is 4.39. The van der Waals surface area contributed by atoms with E-state index < -0.39 is 0 Å². The molecule has 5 heteroatoms. The zero-order valence-corrected chi connectivity index (χ0v) is 16.4. The van der Waals surface area contributed by atoms with Crippen LogP contribution in [-0.2, 0) is 0 Å². The molecule has 4 aliphatic carbocycles. The van der Waals surface area contributed by atoms with E-state index in [9.17, 15) is 5.11 Å². The minimum atomic E-state index is -0.0557. The van der Waals surface area contributed by atoms with E-state index in [-0.39, 0.29) is 16.6 Å². The molecule has 0 amide bonds. The van der Waals surface area contributed by atoms with Gasteiger partial charge in [-0.1, -0.05) is 13.8 Å². The van der Waals surface area contributed by atoms with Crippen LogP contribution in [0.1, 0.15) is 71.6 Å². The van der Waals surface area contributed by atoms with Crippen LogP contribution in [0.3, 0.4) is 0 Å². The highest BCUT2D eigenvalue weighted by molar-refractivity contribution is 7.80. The van der Waals surface area contributed by atoms with Crippen molar-refractivity contribution in [1.82, 2.24) is 5.43 Å². The number of hydrogen-bond acceptors (Lipinski definition) is 3. The van der Waals surface area contributed by atoms with E-state index in [4.69, 9.17) is 18.0 Å². The molecule has 4 N–H and O–H groups in total. The normalized spacial score (nSPS) is 50.7. The maximum Gasteiger partial charge on any atom is 0.184 e. The molecule has 7 atom stereocenters. The summed E-state index contributed by atoms with van der Waals surface area (Å²) >= 11 is 4.93. The molecule has 0 aromatic heterocycles. The van der Waals surface area contributed by atoms with Crippen molar-refractivity contribution in [2.75, 3.05) is 0 Å². The van der Waals surface area contributed by atoms with Gasteiger partial charge < -0.3 is 10.8 Å². The molecule has 0 radical (unpaired) electrons. The van der Waals surface area contributed by atoms with E-state index in [1.807, 2.05) is 0 Å². The lowest BCUT2D eigenvalue weighted by molar-refractivity contribution is -0.113. The van der Waals surface area contributed by atoms with Crippen molar-refractivity contribution in [2.24, 2.45) is 45.3 Å². The third kappa shape index (κ3) is 2.73. The first-order valence-corrected chi connectivity index (χ1v) is 10.6. The van der Waals surface area contributed by atoms with Crippen molar-refractivity contribution in [3.05, 3.63) is 0 Å². The Morgan fingerprint density at radius 2 is 1.96 bits per heavy atom. The molecule has 0 spiro atoms. The standard InChI is InChI=1S/C20H33N3OS/c1-19-9-7-13(24)11-12(19)3-4-14-15-5-6-17(22-23-18(21)25)20(15,2)10-8-16(14)19/h12-16,24H,3-11H2,1-2H3,(H3,21,23,25)/b22-17+/t12-,13+,14+,15+,16-,19-,20-/m0/s1. The second-order valence-electron chi connectivity index (χ2n) is 9.61. The summed E-state index contributed by atoms with van der Waals surface area (Å²) in [7, 11) is 0. The molecule has 25 heavy (non-hydrogen) atoms. The first kappa shape index (κ1) is 17.7. The number of thiocarbonyl (C=S) groups is 1. The summed E-state index contributed by atoms with van der Waals surface area (Å²) in [4.78, 5) is 0. The topological polar surface area (TPSA) is 70.6 Å². The van der Waals surface area contributed by atoms with Gasteiger partial charge >= 0.3 is 0 Å². The number of hydrogen-bond donors (Lipinski definition) is 3. The lowest BCUT2D eigenvalue weighted by atomic mass is 9.45. The molecule has 4 rings (SSSR count). The number of fused-ring (bicyclic) bond motifs is 5. The number of nitrogens with two attached hydrogens (primary N) is 1. The maximum absolute atomic E-state index is 10.1. The maximum atomic E-state index is 10.1. The highest BCUT2D eigenvalue weighted by Gasteiger charge is 2.59. The highest BCUT2D eigenvalue weighted by Crippen LogP contribution is 2.65. The number of aliphatic hydroxyl groups excluding tert-OH is 1. The first-order valence-electron chi connectivity index (χ1n) is 10.1. The fourth-order valence-corrected chi connectivity index (χ4v) is 7.38. The van der Waals surface area contributed by atoms with Crippen LogP contribution < -0.4 is 11.2 Å². The van der Waals surface area contributed by atoms with E-state index >= 15 is 0 Å². The first-order chi connectivity index (χ1) is 11.8. The Bertz CT molecular complexity index is 593. The van der Waals surface area contributed by atoms with Crippen molar-refractivity contribution in [1.29, 1.82) is 0 Å². The molecule has 0 aliphatic heterocycles. The molecule has 0 aromatic carbocycles. The monoisotopic (exact) mass is 363 g/mol. The Labute approximate surface area is 157 Å². The SMILES string of the molecule is C[C@]12CC[C@@H](O)C[C@@H]1CC[C@@H]1[C@H]3CC/C(=N\NC(N)=S)[C@@]3(C)CC[C@@H]12. The van der Waals surface area contributed by atoms with Gasteiger partial charge in [0.25, 0.3) is 0 Å². The van der Waals surface area contributed by atoms with Gasteiger partial charge in [-0.25, -0.2) is 0 Å². The quantitative estimate of drug-likeness (QED) is 0.492. The van der Waals surface area contributed by atoms with Crippen molar-refractivity contribution >= 4 is 23.0 Å². The van der Waals surface area contributed by atoms with E-state index in [1.54, 1.807) is 0 Å².